The number of thiophene rings is 2. The van der Waals surface area contributed by atoms with Gasteiger partial charge in [-0.3, -0.25) is 0 Å². The number of anilines is 6. The van der Waals surface area contributed by atoms with Crippen LogP contribution in [0.5, 0.6) is 0 Å². The molecule has 5 heteroatoms. The minimum atomic E-state index is -0.251. The van der Waals surface area contributed by atoms with Crippen molar-refractivity contribution in [3.8, 4) is 0 Å². The molecule has 0 amide bonds. The number of benzene rings is 6. The lowest BCUT2D eigenvalue weighted by Gasteiger charge is -2.44. The zero-order valence-corrected chi connectivity index (χ0v) is 35.7. The number of hydrogen-bond donors (Lipinski definition) is 0. The van der Waals surface area contributed by atoms with Crippen LogP contribution in [0.25, 0.3) is 20.2 Å². The van der Waals surface area contributed by atoms with E-state index in [0.29, 0.717) is 0 Å². The molecule has 0 unspecified atom stereocenters. The second-order valence-corrected chi connectivity index (χ2v) is 19.9. The van der Waals surface area contributed by atoms with Crippen LogP contribution in [-0.2, 0) is 17.3 Å². The topological polar surface area (TPSA) is 6.48 Å². The van der Waals surface area contributed by atoms with E-state index in [9.17, 15) is 0 Å². The van der Waals surface area contributed by atoms with Gasteiger partial charge < -0.3 is 9.80 Å². The van der Waals surface area contributed by atoms with E-state index in [4.69, 9.17) is 0 Å². The quantitative estimate of drug-likeness (QED) is 0.149. The van der Waals surface area contributed by atoms with Gasteiger partial charge in [0.2, 0.25) is 0 Å². The second kappa shape index (κ2) is 13.5. The van der Waals surface area contributed by atoms with Crippen LogP contribution in [0, 0.1) is 6.92 Å². The average molecular weight is 777 g/mol. The molecule has 2 aromatic heterocycles. The first-order valence-corrected chi connectivity index (χ1v) is 22.2. The summed E-state index contributed by atoms with van der Waals surface area (Å²) < 4.78 is 5.72. The van der Waals surface area contributed by atoms with Gasteiger partial charge in [-0.05, 0) is 130 Å². The Bertz CT molecular complexity index is 2770. The highest BCUT2D eigenvalue weighted by Gasteiger charge is 2.50. The van der Waals surface area contributed by atoms with Crippen LogP contribution in [0.15, 0.2) is 133 Å². The normalized spacial score (nSPS) is 14.2. The number of nitrogens with zero attached hydrogens (tertiary/aromatic N) is 2. The van der Waals surface area contributed by atoms with Crippen LogP contribution in [0.4, 0.5) is 34.1 Å². The summed E-state index contributed by atoms with van der Waals surface area (Å²) in [6, 6.07) is 50.7. The Kier molecular flexibility index (Phi) is 8.59. The summed E-state index contributed by atoms with van der Waals surface area (Å²) in [5.41, 5.74) is 15.5. The highest BCUT2D eigenvalue weighted by molar-refractivity contribution is 7.40. The minimum Gasteiger partial charge on any atom is -0.310 e. The first kappa shape index (κ1) is 36.3. The summed E-state index contributed by atoms with van der Waals surface area (Å²) in [4.78, 5) is 5.09. The SMILES string of the molecule is CCCCc1ccc2sc3c(c2c1)C(C)(C)c1cc(N(c2ccccc2)c2ccccc2)cc2c1B3c1sc3ccc(C(C)(C)C)cc3c1N2c1ccc(C)cc1. The summed E-state index contributed by atoms with van der Waals surface area (Å²) >= 11 is 4.04. The molecule has 0 aliphatic carbocycles. The van der Waals surface area contributed by atoms with E-state index in [0.717, 1.165) is 17.8 Å². The van der Waals surface area contributed by atoms with Crippen molar-refractivity contribution < 1.29 is 0 Å². The first-order chi connectivity index (χ1) is 27.5. The number of hydrogen-bond acceptors (Lipinski definition) is 4. The smallest absolute Gasteiger partial charge is 0.272 e. The number of unbranched alkanes of at least 4 members (excludes halogenated alkanes) is 1. The number of aryl methyl sites for hydroxylation is 2. The summed E-state index contributed by atoms with van der Waals surface area (Å²) in [6.07, 6.45) is 3.54. The van der Waals surface area contributed by atoms with E-state index in [2.05, 4.69) is 192 Å². The van der Waals surface area contributed by atoms with Crippen molar-refractivity contribution in [2.45, 2.75) is 78.6 Å². The van der Waals surface area contributed by atoms with E-state index in [-0.39, 0.29) is 17.5 Å². The molecule has 2 aliphatic heterocycles. The maximum Gasteiger partial charge on any atom is 0.272 e. The van der Waals surface area contributed by atoms with Crippen molar-refractivity contribution in [3.05, 3.63) is 161 Å². The molecule has 2 aliphatic rings. The van der Waals surface area contributed by atoms with Crippen LogP contribution in [0.1, 0.15) is 82.2 Å². The Morgan fingerprint density at radius 2 is 1.33 bits per heavy atom. The fraction of sp³-hybridized carbons (Fsp3) is 0.231. The average Bonchev–Trinajstić information content (AvgIpc) is 3.78. The number of para-hydroxylation sites is 2. The Morgan fingerprint density at radius 1 is 0.684 bits per heavy atom. The highest BCUT2D eigenvalue weighted by Crippen LogP contribution is 2.51. The van der Waals surface area contributed by atoms with Gasteiger partial charge in [-0.25, -0.2) is 0 Å². The molecule has 0 saturated carbocycles. The Balaban J connectivity index is 1.34. The van der Waals surface area contributed by atoms with Crippen LogP contribution in [-0.4, -0.2) is 6.71 Å². The predicted molar refractivity (Wildman–Crippen MR) is 252 cm³/mol. The van der Waals surface area contributed by atoms with Crippen molar-refractivity contribution in [3.63, 3.8) is 0 Å². The van der Waals surface area contributed by atoms with E-state index in [1.54, 1.807) is 0 Å². The zero-order chi connectivity index (χ0) is 39.2. The molecular weight excluding hydrogens is 728 g/mol. The summed E-state index contributed by atoms with van der Waals surface area (Å²) in [7, 11) is 0. The van der Waals surface area contributed by atoms with Crippen LogP contribution in [0.2, 0.25) is 0 Å². The van der Waals surface area contributed by atoms with E-state index in [1.165, 1.54) is 98.6 Å². The van der Waals surface area contributed by atoms with Gasteiger partial charge in [0.25, 0.3) is 6.71 Å². The molecule has 2 nitrogen and oxygen atoms in total. The Hall–Kier alpha value is -5.10. The third kappa shape index (κ3) is 5.80. The van der Waals surface area contributed by atoms with Gasteiger partial charge in [0.05, 0.1) is 5.69 Å². The standard InChI is InChI=1S/C52H49BN2S2/c1-8-9-16-34-23-27-44-40(29-34)46-49(56-44)53-47-42(52(46,6)7)31-39(54(36-17-12-10-13-18-36)37-19-14-11-15-20-37)32-43(47)55(38-25-21-33(2)22-26-38)48-41-30-35(51(3,4)5)24-28-45(41)57-50(48)53/h10-15,17-32H,8-9,16H2,1-7H3. The number of fused-ring (bicyclic) bond motifs is 8. The van der Waals surface area contributed by atoms with Crippen molar-refractivity contribution in [1.29, 1.82) is 0 Å². The minimum absolute atomic E-state index is 0.0273. The molecule has 0 fully saturated rings. The van der Waals surface area contributed by atoms with Crippen LogP contribution < -0.4 is 24.8 Å². The van der Waals surface area contributed by atoms with Gasteiger partial charge >= 0.3 is 0 Å². The molecule has 6 aromatic carbocycles. The molecule has 0 N–H and O–H groups in total. The lowest BCUT2D eigenvalue weighted by Crippen LogP contribution is -2.62. The van der Waals surface area contributed by atoms with Gasteiger partial charge in [-0.2, -0.15) is 0 Å². The zero-order valence-electron chi connectivity index (χ0n) is 34.1. The fourth-order valence-corrected chi connectivity index (χ4v) is 12.3. The largest absolute Gasteiger partial charge is 0.310 e. The van der Waals surface area contributed by atoms with Gasteiger partial charge in [0.1, 0.15) is 0 Å². The molecule has 10 rings (SSSR count). The third-order valence-corrected chi connectivity index (χ3v) is 14.9. The molecule has 0 saturated heterocycles. The monoisotopic (exact) mass is 776 g/mol. The number of rotatable bonds is 7. The maximum atomic E-state index is 2.63. The summed E-state index contributed by atoms with van der Waals surface area (Å²) in [6.45, 7) is 16.6. The first-order valence-electron chi connectivity index (χ1n) is 20.6. The van der Waals surface area contributed by atoms with Gasteiger partial charge in [0.15, 0.2) is 0 Å². The van der Waals surface area contributed by atoms with Crippen molar-refractivity contribution >= 4 is 98.7 Å². The maximum absolute atomic E-state index is 2.63. The lowest BCUT2D eigenvalue weighted by molar-refractivity contribution is 0.591. The molecule has 4 heterocycles. The van der Waals surface area contributed by atoms with Crippen molar-refractivity contribution in [2.24, 2.45) is 0 Å². The molecule has 282 valence electrons. The fourth-order valence-electron chi connectivity index (χ4n) is 9.50. The second-order valence-electron chi connectivity index (χ2n) is 17.7. The predicted octanol–water partition coefficient (Wildman–Crippen LogP) is 13.5. The van der Waals surface area contributed by atoms with Gasteiger partial charge in [-0.1, -0.05) is 120 Å². The summed E-state index contributed by atoms with van der Waals surface area (Å²) in [5.74, 6) is 0. The van der Waals surface area contributed by atoms with Gasteiger partial charge in [-0.15, -0.1) is 22.7 Å². The molecular formula is C52H49BN2S2. The molecule has 0 atom stereocenters. The molecule has 0 spiro atoms. The molecule has 0 bridgehead atoms. The summed E-state index contributed by atoms with van der Waals surface area (Å²) in [5, 5.41) is 2.78. The van der Waals surface area contributed by atoms with Gasteiger partial charge in [0, 0.05) is 53.4 Å². The van der Waals surface area contributed by atoms with Crippen molar-refractivity contribution in [2.75, 3.05) is 9.80 Å². The molecule has 8 aromatic rings. The van der Waals surface area contributed by atoms with E-state index >= 15 is 0 Å². The lowest BCUT2D eigenvalue weighted by atomic mass is 9.35. The third-order valence-electron chi connectivity index (χ3n) is 12.5. The molecule has 0 radical (unpaired) electrons. The van der Waals surface area contributed by atoms with Crippen LogP contribution in [0.3, 0.4) is 0 Å². The van der Waals surface area contributed by atoms with Crippen LogP contribution >= 0.6 is 22.7 Å². The van der Waals surface area contributed by atoms with E-state index in [1.807, 2.05) is 22.7 Å². The highest BCUT2D eigenvalue weighted by atomic mass is 32.1. The Labute approximate surface area is 346 Å². The van der Waals surface area contributed by atoms with E-state index < -0.39 is 0 Å². The Morgan fingerprint density at radius 3 is 2.00 bits per heavy atom. The van der Waals surface area contributed by atoms with Crippen molar-refractivity contribution in [1.82, 2.24) is 0 Å². The molecule has 57 heavy (non-hydrogen) atoms.